The van der Waals surface area contributed by atoms with E-state index in [1.807, 2.05) is 13.0 Å². The van der Waals surface area contributed by atoms with E-state index in [4.69, 9.17) is 0 Å². The van der Waals surface area contributed by atoms with Crippen molar-refractivity contribution in [2.45, 2.75) is 30.7 Å². The molecule has 132 valence electrons. The van der Waals surface area contributed by atoms with Gasteiger partial charge in [-0.15, -0.1) is 0 Å². The summed E-state index contributed by atoms with van der Waals surface area (Å²) in [4.78, 5) is 21.5. The van der Waals surface area contributed by atoms with E-state index < -0.39 is 20.6 Å². The van der Waals surface area contributed by atoms with Crippen LogP contribution < -0.4 is 0 Å². The van der Waals surface area contributed by atoms with Crippen molar-refractivity contribution in [2.75, 3.05) is 6.54 Å². The highest BCUT2D eigenvalue weighted by atomic mass is 32.2. The Morgan fingerprint density at radius 1 is 1.32 bits per heavy atom. The second-order valence-electron chi connectivity index (χ2n) is 6.14. The Balaban J connectivity index is 2.06. The summed E-state index contributed by atoms with van der Waals surface area (Å²) in [6, 6.07) is 5.09. The number of piperidine rings is 1. The van der Waals surface area contributed by atoms with Crippen LogP contribution in [-0.2, 0) is 14.8 Å². The molecule has 0 radical (unpaired) electrons. The van der Waals surface area contributed by atoms with E-state index >= 15 is 0 Å². The molecule has 25 heavy (non-hydrogen) atoms. The third-order valence-electron chi connectivity index (χ3n) is 4.88. The summed E-state index contributed by atoms with van der Waals surface area (Å²) in [6.07, 6.45) is 5.38. The Kier molecular flexibility index (Phi) is 4.57. The van der Waals surface area contributed by atoms with Crippen molar-refractivity contribution < 1.29 is 18.1 Å². The summed E-state index contributed by atoms with van der Waals surface area (Å²) in [5, 5.41) is 11.2. The number of hydrogen-bond acceptors (Lipinski definition) is 5. The van der Waals surface area contributed by atoms with E-state index in [1.165, 1.54) is 28.6 Å². The third kappa shape index (κ3) is 2.91. The Morgan fingerprint density at radius 3 is 2.68 bits per heavy atom. The summed E-state index contributed by atoms with van der Waals surface area (Å²) in [5.41, 5.74) is 1.11. The Morgan fingerprint density at radius 2 is 2.04 bits per heavy atom. The molecule has 2 bridgehead atoms. The van der Waals surface area contributed by atoms with Gasteiger partial charge in [0.2, 0.25) is 10.0 Å². The number of nitro benzene ring substituents is 1. The van der Waals surface area contributed by atoms with Crippen molar-refractivity contribution in [3.8, 4) is 0 Å². The van der Waals surface area contributed by atoms with E-state index in [0.717, 1.165) is 11.9 Å². The van der Waals surface area contributed by atoms with Gasteiger partial charge in [0.05, 0.1) is 4.92 Å². The zero-order valence-corrected chi connectivity index (χ0v) is 14.5. The molecule has 0 spiro atoms. The van der Waals surface area contributed by atoms with Gasteiger partial charge in [0.15, 0.2) is 4.90 Å². The van der Waals surface area contributed by atoms with Crippen molar-refractivity contribution >= 4 is 22.0 Å². The molecule has 0 amide bonds. The van der Waals surface area contributed by atoms with E-state index in [1.54, 1.807) is 6.08 Å². The molecule has 1 aliphatic heterocycles. The van der Waals surface area contributed by atoms with E-state index in [9.17, 15) is 23.3 Å². The van der Waals surface area contributed by atoms with Gasteiger partial charge in [-0.2, -0.15) is 4.31 Å². The smallest absolute Gasteiger partial charge is 0.289 e. The molecule has 0 N–H and O–H groups in total. The maximum absolute atomic E-state index is 13.1. The number of allylic oxidation sites excluding steroid dienone is 2. The number of carbonyl (C=O) groups is 1. The molecular weight excluding hydrogens is 344 g/mol. The maximum atomic E-state index is 13.1. The fraction of sp³-hybridized carbons (Fsp3) is 0.353. The number of hydrogen-bond donors (Lipinski definition) is 0. The van der Waals surface area contributed by atoms with Gasteiger partial charge < -0.3 is 0 Å². The van der Waals surface area contributed by atoms with Gasteiger partial charge in [-0.3, -0.25) is 14.9 Å². The Hall–Kier alpha value is -2.32. The summed E-state index contributed by atoms with van der Waals surface area (Å²) in [7, 11) is -4.02. The largest absolute Gasteiger partial charge is 0.298 e. The predicted octanol–water partition coefficient (Wildman–Crippen LogP) is 2.45. The number of sulfonamides is 1. The molecular formula is C17H18N2O5S. The zero-order valence-electron chi connectivity index (χ0n) is 13.7. The molecule has 8 heteroatoms. The van der Waals surface area contributed by atoms with Crippen LogP contribution >= 0.6 is 0 Å². The second kappa shape index (κ2) is 6.53. The van der Waals surface area contributed by atoms with Crippen LogP contribution in [-0.4, -0.2) is 36.5 Å². The van der Waals surface area contributed by atoms with Crippen LogP contribution in [0.15, 0.2) is 52.5 Å². The molecule has 1 saturated heterocycles. The number of rotatable bonds is 4. The fourth-order valence-corrected chi connectivity index (χ4v) is 5.39. The van der Waals surface area contributed by atoms with Crippen LogP contribution in [0.4, 0.5) is 5.69 Å². The van der Waals surface area contributed by atoms with E-state index in [2.05, 4.69) is 0 Å². The highest BCUT2D eigenvalue weighted by Gasteiger charge is 2.43. The average Bonchev–Trinajstić information content (AvgIpc) is 2.62. The lowest BCUT2D eigenvalue weighted by Crippen LogP contribution is -2.49. The number of benzene rings is 1. The van der Waals surface area contributed by atoms with Gasteiger partial charge in [-0.25, -0.2) is 8.42 Å². The molecule has 0 saturated carbocycles. The molecule has 1 aliphatic carbocycles. The molecule has 3 rings (SSSR count). The lowest BCUT2D eigenvalue weighted by molar-refractivity contribution is -0.387. The minimum absolute atomic E-state index is 0.0709. The van der Waals surface area contributed by atoms with Crippen LogP contribution in [0.3, 0.4) is 0 Å². The number of fused-ring (bicyclic) bond motifs is 2. The predicted molar refractivity (Wildman–Crippen MR) is 91.4 cm³/mol. The highest BCUT2D eigenvalue weighted by molar-refractivity contribution is 7.89. The molecule has 1 fully saturated rings. The topological polar surface area (TPSA) is 97.6 Å². The zero-order chi connectivity index (χ0) is 18.2. The fourth-order valence-electron chi connectivity index (χ4n) is 3.59. The number of para-hydroxylation sites is 1. The first kappa shape index (κ1) is 17.5. The molecule has 2 unspecified atom stereocenters. The van der Waals surface area contributed by atoms with Gasteiger partial charge in [0.25, 0.3) is 5.69 Å². The lowest BCUT2D eigenvalue weighted by atomic mass is 9.77. The van der Waals surface area contributed by atoms with Crippen molar-refractivity contribution in [3.05, 3.63) is 57.7 Å². The van der Waals surface area contributed by atoms with E-state index in [-0.39, 0.29) is 23.4 Å². The van der Waals surface area contributed by atoms with Crippen LogP contribution in [0.5, 0.6) is 0 Å². The molecule has 1 heterocycles. The maximum Gasteiger partial charge on any atom is 0.289 e. The normalized spacial score (nSPS) is 25.5. The van der Waals surface area contributed by atoms with Gasteiger partial charge in [-0.05, 0) is 31.4 Å². The second-order valence-corrected chi connectivity index (χ2v) is 8.00. The number of aldehydes is 1. The molecule has 7 nitrogen and oxygen atoms in total. The standard InChI is InChI=1S/C17H18N2O5S/c1-2-12-10-18(14-8-7-13(11-20)15(12)9-14)25(23,24)17-6-4-3-5-16(17)19(21)22/h2-7,11,14-15H,8-10H2,1H3/b12-2-. The number of carbonyl (C=O) groups excluding carboxylic acids is 1. The van der Waals surface area contributed by atoms with Crippen molar-refractivity contribution in [1.82, 2.24) is 4.31 Å². The first-order chi connectivity index (χ1) is 11.9. The molecule has 1 aromatic rings. The third-order valence-corrected chi connectivity index (χ3v) is 6.83. The van der Waals surface area contributed by atoms with E-state index in [0.29, 0.717) is 18.4 Å². The van der Waals surface area contributed by atoms with Crippen molar-refractivity contribution in [2.24, 2.45) is 5.92 Å². The summed E-state index contributed by atoms with van der Waals surface area (Å²) in [5.74, 6) is -0.0709. The molecule has 1 aromatic carbocycles. The summed E-state index contributed by atoms with van der Waals surface area (Å²) < 4.78 is 27.6. The summed E-state index contributed by atoms with van der Waals surface area (Å²) in [6.45, 7) is 1.95. The first-order valence-corrected chi connectivity index (χ1v) is 9.39. The summed E-state index contributed by atoms with van der Waals surface area (Å²) >= 11 is 0. The van der Waals surface area contributed by atoms with Crippen LogP contribution in [0.1, 0.15) is 19.8 Å². The molecule has 0 aromatic heterocycles. The van der Waals surface area contributed by atoms with Crippen LogP contribution in [0.25, 0.3) is 0 Å². The first-order valence-electron chi connectivity index (χ1n) is 7.95. The van der Waals surface area contributed by atoms with Gasteiger partial charge in [0, 0.05) is 24.6 Å². The Labute approximate surface area is 145 Å². The van der Waals surface area contributed by atoms with Gasteiger partial charge in [0.1, 0.15) is 6.29 Å². The number of nitrogens with zero attached hydrogens (tertiary/aromatic N) is 2. The van der Waals surface area contributed by atoms with Crippen molar-refractivity contribution in [3.63, 3.8) is 0 Å². The average molecular weight is 362 g/mol. The lowest BCUT2D eigenvalue weighted by Gasteiger charge is -2.42. The van der Waals surface area contributed by atoms with Gasteiger partial charge >= 0.3 is 0 Å². The van der Waals surface area contributed by atoms with Crippen LogP contribution in [0.2, 0.25) is 0 Å². The minimum atomic E-state index is -4.02. The van der Waals surface area contributed by atoms with Gasteiger partial charge in [-0.1, -0.05) is 29.9 Å². The molecule has 2 atom stereocenters. The SMILES string of the molecule is C/C=C1/CN(S(=O)(=O)c2ccccc2[N+](=O)[O-])C2CC=C(C=O)C1C2. The Bertz CT molecular complexity index is 888. The van der Waals surface area contributed by atoms with Crippen LogP contribution in [0, 0.1) is 16.0 Å². The highest BCUT2D eigenvalue weighted by Crippen LogP contribution is 2.41. The minimum Gasteiger partial charge on any atom is -0.298 e. The molecule has 2 aliphatic rings. The van der Waals surface area contributed by atoms with Crippen molar-refractivity contribution in [1.29, 1.82) is 0 Å². The monoisotopic (exact) mass is 362 g/mol. The number of nitro groups is 1. The quantitative estimate of drug-likeness (QED) is 0.355.